The first-order valence-electron chi connectivity index (χ1n) is 9.44. The molecule has 4 rings (SSSR count). The van der Waals surface area contributed by atoms with E-state index in [0.29, 0.717) is 12.1 Å². The molecule has 1 aliphatic rings. The summed E-state index contributed by atoms with van der Waals surface area (Å²) in [5, 5.41) is 2.51. The molecule has 152 valence electrons. The van der Waals surface area contributed by atoms with Crippen LogP contribution in [-0.4, -0.2) is 19.2 Å². The van der Waals surface area contributed by atoms with E-state index >= 15 is 0 Å². The fraction of sp³-hybridized carbons (Fsp3) is 0.125. The van der Waals surface area contributed by atoms with Crippen molar-refractivity contribution in [3.05, 3.63) is 101 Å². The predicted molar refractivity (Wildman–Crippen MR) is 108 cm³/mol. The third-order valence-corrected chi connectivity index (χ3v) is 5.04. The van der Waals surface area contributed by atoms with Gasteiger partial charge in [0.05, 0.1) is 0 Å². The van der Waals surface area contributed by atoms with Gasteiger partial charge in [-0.3, -0.25) is 0 Å². The van der Waals surface area contributed by atoms with Gasteiger partial charge < -0.3 is 10.1 Å². The zero-order valence-electron chi connectivity index (χ0n) is 15.9. The maximum absolute atomic E-state index is 13.6. The summed E-state index contributed by atoms with van der Waals surface area (Å²) in [7, 11) is 0. The maximum Gasteiger partial charge on any atom is 0.407 e. The minimum atomic E-state index is -1.01. The largest absolute Gasteiger partial charge is 0.449 e. The van der Waals surface area contributed by atoms with E-state index in [1.807, 2.05) is 48.5 Å². The fourth-order valence-electron chi connectivity index (χ4n) is 3.68. The van der Waals surface area contributed by atoms with Crippen LogP contribution in [0.4, 0.5) is 18.0 Å². The molecule has 0 atom stereocenters. The number of benzene rings is 3. The molecular formula is C24H18F3NO2. The highest BCUT2D eigenvalue weighted by Crippen LogP contribution is 2.44. The summed E-state index contributed by atoms with van der Waals surface area (Å²) in [5.41, 5.74) is 4.11. The second kappa shape index (κ2) is 8.45. The number of nitrogens with one attached hydrogen (secondary N) is 1. The molecule has 0 bridgehead atoms. The molecule has 3 aromatic carbocycles. The second-order valence-corrected chi connectivity index (χ2v) is 6.89. The summed E-state index contributed by atoms with van der Waals surface area (Å²) in [6, 6.07) is 17.2. The van der Waals surface area contributed by atoms with Crippen molar-refractivity contribution in [2.24, 2.45) is 0 Å². The van der Waals surface area contributed by atoms with E-state index in [2.05, 4.69) is 5.32 Å². The number of carbonyl (C=O) groups excluding carboxylic acids is 1. The van der Waals surface area contributed by atoms with Crippen molar-refractivity contribution in [2.45, 2.75) is 5.92 Å². The van der Waals surface area contributed by atoms with Crippen LogP contribution in [-0.2, 0) is 4.74 Å². The Bertz CT molecular complexity index is 1060. The number of halogens is 3. The van der Waals surface area contributed by atoms with Crippen LogP contribution >= 0.6 is 0 Å². The molecule has 0 fully saturated rings. The van der Waals surface area contributed by atoms with Crippen LogP contribution in [0.5, 0.6) is 0 Å². The Kier molecular flexibility index (Phi) is 5.57. The van der Waals surface area contributed by atoms with Gasteiger partial charge in [-0.1, -0.05) is 60.7 Å². The summed E-state index contributed by atoms with van der Waals surface area (Å²) >= 11 is 0. The zero-order chi connectivity index (χ0) is 21.1. The van der Waals surface area contributed by atoms with E-state index in [9.17, 15) is 18.0 Å². The van der Waals surface area contributed by atoms with Crippen molar-refractivity contribution in [1.29, 1.82) is 0 Å². The van der Waals surface area contributed by atoms with Crippen LogP contribution in [0.3, 0.4) is 0 Å². The monoisotopic (exact) mass is 409 g/mol. The van der Waals surface area contributed by atoms with E-state index in [4.69, 9.17) is 4.74 Å². The molecule has 30 heavy (non-hydrogen) atoms. The summed E-state index contributed by atoms with van der Waals surface area (Å²) in [4.78, 5) is 12.0. The molecule has 3 nitrogen and oxygen atoms in total. The molecule has 0 spiro atoms. The van der Waals surface area contributed by atoms with Crippen LogP contribution in [0.25, 0.3) is 17.2 Å². The summed E-state index contributed by atoms with van der Waals surface area (Å²) < 4.78 is 45.5. The normalized spacial score (nSPS) is 12.6. The lowest BCUT2D eigenvalue weighted by Crippen LogP contribution is -2.26. The molecule has 6 heteroatoms. The van der Waals surface area contributed by atoms with E-state index in [0.717, 1.165) is 28.3 Å². The Morgan fingerprint density at radius 3 is 2.10 bits per heavy atom. The summed E-state index contributed by atoms with van der Waals surface area (Å²) in [5.74, 6) is -3.06. The minimum absolute atomic E-state index is 0.00688. The first kappa shape index (κ1) is 19.8. The van der Waals surface area contributed by atoms with Gasteiger partial charge in [-0.15, -0.1) is 0 Å². The summed E-state index contributed by atoms with van der Waals surface area (Å²) in [6.45, 7) is 0.178. The van der Waals surface area contributed by atoms with Gasteiger partial charge in [0.1, 0.15) is 24.1 Å². The van der Waals surface area contributed by atoms with Crippen LogP contribution in [0, 0.1) is 17.5 Å². The SMILES string of the molecule is O=C(NCC=Cc1c(F)cc(F)cc1F)OCC1c2ccccc2-c2ccccc21. The Labute approximate surface area is 171 Å². The zero-order valence-corrected chi connectivity index (χ0v) is 15.9. The van der Waals surface area contributed by atoms with Gasteiger partial charge in [-0.25, -0.2) is 18.0 Å². The molecular weight excluding hydrogens is 391 g/mol. The van der Waals surface area contributed by atoms with Crippen LogP contribution in [0.1, 0.15) is 22.6 Å². The average Bonchev–Trinajstić information content (AvgIpc) is 3.05. The van der Waals surface area contributed by atoms with Crippen molar-refractivity contribution in [1.82, 2.24) is 5.32 Å². The minimum Gasteiger partial charge on any atom is -0.449 e. The van der Waals surface area contributed by atoms with Gasteiger partial charge in [0.25, 0.3) is 0 Å². The molecule has 1 amide bonds. The maximum atomic E-state index is 13.6. The van der Waals surface area contributed by atoms with Crippen molar-refractivity contribution in [3.63, 3.8) is 0 Å². The van der Waals surface area contributed by atoms with Gasteiger partial charge in [-0.2, -0.15) is 0 Å². The Morgan fingerprint density at radius 1 is 0.933 bits per heavy atom. The van der Waals surface area contributed by atoms with Crippen molar-refractivity contribution in [3.8, 4) is 11.1 Å². The number of ether oxygens (including phenoxy) is 1. The van der Waals surface area contributed by atoms with Gasteiger partial charge >= 0.3 is 6.09 Å². The van der Waals surface area contributed by atoms with Gasteiger partial charge in [0.2, 0.25) is 0 Å². The molecule has 0 heterocycles. The summed E-state index contributed by atoms with van der Waals surface area (Å²) in [6.07, 6.45) is 1.87. The molecule has 3 aromatic rings. The lowest BCUT2D eigenvalue weighted by Gasteiger charge is -2.14. The molecule has 0 saturated heterocycles. The molecule has 1 aliphatic carbocycles. The first-order valence-corrected chi connectivity index (χ1v) is 9.44. The highest BCUT2D eigenvalue weighted by atomic mass is 19.1. The van der Waals surface area contributed by atoms with Crippen molar-refractivity contribution < 1.29 is 22.7 Å². The van der Waals surface area contributed by atoms with E-state index < -0.39 is 23.5 Å². The third kappa shape index (κ3) is 3.94. The van der Waals surface area contributed by atoms with E-state index in [-0.39, 0.29) is 24.6 Å². The van der Waals surface area contributed by atoms with Crippen LogP contribution < -0.4 is 5.32 Å². The quantitative estimate of drug-likeness (QED) is 0.591. The molecule has 0 radical (unpaired) electrons. The molecule has 0 saturated carbocycles. The topological polar surface area (TPSA) is 38.3 Å². The van der Waals surface area contributed by atoms with Crippen LogP contribution in [0.15, 0.2) is 66.7 Å². The van der Waals surface area contributed by atoms with Crippen LogP contribution in [0.2, 0.25) is 0 Å². The van der Waals surface area contributed by atoms with E-state index in [1.54, 1.807) is 0 Å². The average molecular weight is 409 g/mol. The molecule has 0 aromatic heterocycles. The second-order valence-electron chi connectivity index (χ2n) is 6.89. The number of fused-ring (bicyclic) bond motifs is 3. The standard InChI is InChI=1S/C24H18F3NO2/c25-15-12-22(26)20(23(27)13-15)10-5-11-28-24(29)30-14-21-18-8-3-1-6-16(18)17-7-2-4-9-19(17)21/h1-10,12-13,21H,11,14H2,(H,28,29). The highest BCUT2D eigenvalue weighted by Gasteiger charge is 2.28. The number of hydrogen-bond donors (Lipinski definition) is 1. The van der Waals surface area contributed by atoms with Gasteiger partial charge in [0.15, 0.2) is 0 Å². The fourth-order valence-corrected chi connectivity index (χ4v) is 3.68. The lowest BCUT2D eigenvalue weighted by molar-refractivity contribution is 0.144. The highest BCUT2D eigenvalue weighted by molar-refractivity contribution is 5.79. The Balaban J connectivity index is 1.35. The molecule has 1 N–H and O–H groups in total. The van der Waals surface area contributed by atoms with E-state index in [1.165, 1.54) is 6.08 Å². The number of hydrogen-bond acceptors (Lipinski definition) is 2. The van der Waals surface area contributed by atoms with Crippen molar-refractivity contribution in [2.75, 3.05) is 13.2 Å². The first-order chi connectivity index (χ1) is 14.5. The number of rotatable bonds is 5. The Morgan fingerprint density at radius 2 is 1.50 bits per heavy atom. The predicted octanol–water partition coefficient (Wildman–Crippen LogP) is 5.66. The third-order valence-electron chi connectivity index (χ3n) is 5.04. The van der Waals surface area contributed by atoms with Gasteiger partial charge in [0, 0.05) is 30.2 Å². The lowest BCUT2D eigenvalue weighted by atomic mass is 9.98. The smallest absolute Gasteiger partial charge is 0.407 e. The molecule has 0 unspecified atom stereocenters. The van der Waals surface area contributed by atoms with Crippen molar-refractivity contribution >= 4 is 12.2 Å². The number of amides is 1. The van der Waals surface area contributed by atoms with Gasteiger partial charge in [-0.05, 0) is 22.3 Å². The number of carbonyl (C=O) groups is 1. The Hall–Kier alpha value is -3.54. The number of alkyl carbamates (subject to hydrolysis) is 1. The molecule has 0 aliphatic heterocycles.